The number of para-hydroxylation sites is 2. The summed E-state index contributed by atoms with van der Waals surface area (Å²) in [7, 11) is 1.62. The van der Waals surface area contributed by atoms with Crippen LogP contribution in [0.25, 0.3) is 0 Å². The standard InChI is InChI=1S/C22H33NO3/c1-6-9-19(23-18-10-7-8-11-20(18)25-5)22(24)26-21-14-16(4)12-13-17(21)15(2)3/h6-8,10-11,15-17,19,21,23H,1,9,12-14H2,2-5H3/t16-,17+,19-,21-/m1/s1. The van der Waals surface area contributed by atoms with Crippen LogP contribution >= 0.6 is 0 Å². The van der Waals surface area contributed by atoms with Gasteiger partial charge in [0.2, 0.25) is 0 Å². The molecule has 0 amide bonds. The zero-order valence-electron chi connectivity index (χ0n) is 16.5. The molecule has 0 radical (unpaired) electrons. The Bertz CT molecular complexity index is 599. The second kappa shape index (κ2) is 9.65. The van der Waals surface area contributed by atoms with Crippen LogP contribution in [0, 0.1) is 17.8 Å². The summed E-state index contributed by atoms with van der Waals surface area (Å²) in [5.41, 5.74) is 0.788. The van der Waals surface area contributed by atoms with E-state index in [0.29, 0.717) is 29.9 Å². The summed E-state index contributed by atoms with van der Waals surface area (Å²) in [5.74, 6) is 2.05. The van der Waals surface area contributed by atoms with Crippen molar-refractivity contribution in [3.63, 3.8) is 0 Å². The normalized spacial score (nSPS) is 24.0. The molecular weight excluding hydrogens is 326 g/mol. The Labute approximate surface area is 158 Å². The average molecular weight is 360 g/mol. The predicted molar refractivity (Wildman–Crippen MR) is 106 cm³/mol. The van der Waals surface area contributed by atoms with Crippen LogP contribution in [0.5, 0.6) is 5.75 Å². The number of rotatable bonds is 8. The number of carbonyl (C=O) groups is 1. The van der Waals surface area contributed by atoms with Crippen molar-refractivity contribution in [2.45, 2.75) is 58.6 Å². The molecule has 0 heterocycles. The summed E-state index contributed by atoms with van der Waals surface area (Å²) in [6.07, 6.45) is 5.54. The topological polar surface area (TPSA) is 47.6 Å². The predicted octanol–water partition coefficient (Wildman–Crippen LogP) is 5.06. The van der Waals surface area contributed by atoms with Gasteiger partial charge in [-0.25, -0.2) is 4.79 Å². The van der Waals surface area contributed by atoms with E-state index >= 15 is 0 Å². The van der Waals surface area contributed by atoms with Gasteiger partial charge in [0.1, 0.15) is 17.9 Å². The van der Waals surface area contributed by atoms with Crippen molar-refractivity contribution < 1.29 is 14.3 Å². The van der Waals surface area contributed by atoms with Crippen molar-refractivity contribution in [1.82, 2.24) is 0 Å². The Hall–Kier alpha value is -1.97. The number of nitrogens with one attached hydrogen (secondary N) is 1. The third kappa shape index (κ3) is 5.26. The first-order valence-electron chi connectivity index (χ1n) is 9.67. The first kappa shape index (κ1) is 20.3. The number of hydrogen-bond donors (Lipinski definition) is 1. The molecule has 0 bridgehead atoms. The lowest BCUT2D eigenvalue weighted by molar-refractivity contribution is -0.156. The maximum Gasteiger partial charge on any atom is 0.329 e. The van der Waals surface area contributed by atoms with Crippen LogP contribution in [0.3, 0.4) is 0 Å². The number of anilines is 1. The quantitative estimate of drug-likeness (QED) is 0.521. The third-order valence-corrected chi connectivity index (χ3v) is 5.35. The summed E-state index contributed by atoms with van der Waals surface area (Å²) in [5, 5.41) is 3.27. The molecule has 1 aromatic carbocycles. The van der Waals surface area contributed by atoms with E-state index in [9.17, 15) is 4.79 Å². The fourth-order valence-corrected chi connectivity index (χ4v) is 3.81. The molecule has 4 heteroatoms. The monoisotopic (exact) mass is 359 g/mol. The molecule has 1 aromatic rings. The van der Waals surface area contributed by atoms with Crippen molar-refractivity contribution in [3.05, 3.63) is 36.9 Å². The van der Waals surface area contributed by atoms with Gasteiger partial charge >= 0.3 is 5.97 Å². The van der Waals surface area contributed by atoms with Gasteiger partial charge in [-0.3, -0.25) is 0 Å². The van der Waals surface area contributed by atoms with Gasteiger partial charge in [-0.1, -0.05) is 45.4 Å². The molecule has 1 saturated carbocycles. The fourth-order valence-electron chi connectivity index (χ4n) is 3.81. The highest BCUT2D eigenvalue weighted by Gasteiger charge is 2.34. The summed E-state index contributed by atoms with van der Waals surface area (Å²) >= 11 is 0. The van der Waals surface area contributed by atoms with E-state index in [-0.39, 0.29) is 12.1 Å². The van der Waals surface area contributed by atoms with Gasteiger partial charge in [-0.2, -0.15) is 0 Å². The van der Waals surface area contributed by atoms with Gasteiger partial charge in [0.25, 0.3) is 0 Å². The lowest BCUT2D eigenvalue weighted by atomic mass is 9.75. The average Bonchev–Trinajstić information content (AvgIpc) is 2.61. The fraction of sp³-hybridized carbons (Fsp3) is 0.591. The highest BCUT2D eigenvalue weighted by atomic mass is 16.5. The summed E-state index contributed by atoms with van der Waals surface area (Å²) in [6, 6.07) is 7.13. The van der Waals surface area contributed by atoms with E-state index in [1.54, 1.807) is 13.2 Å². The number of benzene rings is 1. The van der Waals surface area contributed by atoms with Crippen LogP contribution in [-0.4, -0.2) is 25.2 Å². The van der Waals surface area contributed by atoms with Crippen LogP contribution in [0.15, 0.2) is 36.9 Å². The molecule has 26 heavy (non-hydrogen) atoms. The minimum Gasteiger partial charge on any atom is -0.495 e. The van der Waals surface area contributed by atoms with E-state index in [0.717, 1.165) is 18.5 Å². The molecule has 2 rings (SSSR count). The first-order valence-corrected chi connectivity index (χ1v) is 9.67. The highest BCUT2D eigenvalue weighted by molar-refractivity contribution is 5.80. The number of esters is 1. The van der Waals surface area contributed by atoms with Gasteiger partial charge in [0.05, 0.1) is 12.8 Å². The molecule has 1 N–H and O–H groups in total. The maximum atomic E-state index is 12.9. The lowest BCUT2D eigenvalue weighted by Crippen LogP contribution is -2.40. The van der Waals surface area contributed by atoms with E-state index in [4.69, 9.17) is 9.47 Å². The van der Waals surface area contributed by atoms with Crippen molar-refractivity contribution in [3.8, 4) is 5.75 Å². The first-order chi connectivity index (χ1) is 12.5. The molecule has 1 aliphatic carbocycles. The summed E-state index contributed by atoms with van der Waals surface area (Å²) < 4.78 is 11.4. The molecular formula is C22H33NO3. The molecule has 0 aromatic heterocycles. The molecule has 0 aliphatic heterocycles. The zero-order valence-corrected chi connectivity index (χ0v) is 16.5. The van der Waals surface area contributed by atoms with Crippen molar-refractivity contribution in [2.75, 3.05) is 12.4 Å². The van der Waals surface area contributed by atoms with Crippen LogP contribution in [0.1, 0.15) is 46.5 Å². The molecule has 0 spiro atoms. The minimum absolute atomic E-state index is 0.00182. The molecule has 1 aliphatic rings. The Morgan fingerprint density at radius 1 is 1.35 bits per heavy atom. The smallest absolute Gasteiger partial charge is 0.329 e. The molecule has 0 unspecified atom stereocenters. The van der Waals surface area contributed by atoms with E-state index in [2.05, 4.69) is 32.7 Å². The zero-order chi connectivity index (χ0) is 19.1. The molecule has 4 nitrogen and oxygen atoms in total. The van der Waals surface area contributed by atoms with Crippen molar-refractivity contribution in [1.29, 1.82) is 0 Å². The van der Waals surface area contributed by atoms with E-state index in [1.165, 1.54) is 6.42 Å². The van der Waals surface area contributed by atoms with Gasteiger partial charge in [0, 0.05) is 0 Å². The Morgan fingerprint density at radius 2 is 2.08 bits per heavy atom. The summed E-state index contributed by atoms with van der Waals surface area (Å²) in [4.78, 5) is 12.9. The Morgan fingerprint density at radius 3 is 2.73 bits per heavy atom. The van der Waals surface area contributed by atoms with Gasteiger partial charge in [-0.05, 0) is 49.1 Å². The second-order valence-electron chi connectivity index (χ2n) is 7.72. The molecule has 4 atom stereocenters. The van der Waals surface area contributed by atoms with E-state index in [1.807, 2.05) is 24.3 Å². The van der Waals surface area contributed by atoms with Crippen LogP contribution in [0.2, 0.25) is 0 Å². The third-order valence-electron chi connectivity index (χ3n) is 5.35. The minimum atomic E-state index is -0.464. The van der Waals surface area contributed by atoms with E-state index < -0.39 is 6.04 Å². The number of ether oxygens (including phenoxy) is 2. The molecule has 144 valence electrons. The number of carbonyl (C=O) groups excluding carboxylic acids is 1. The highest BCUT2D eigenvalue weighted by Crippen LogP contribution is 2.35. The van der Waals surface area contributed by atoms with Crippen LogP contribution < -0.4 is 10.1 Å². The van der Waals surface area contributed by atoms with Crippen molar-refractivity contribution in [2.24, 2.45) is 17.8 Å². The molecule has 0 saturated heterocycles. The van der Waals surface area contributed by atoms with Crippen LogP contribution in [-0.2, 0) is 9.53 Å². The van der Waals surface area contributed by atoms with Gasteiger partial charge in [-0.15, -0.1) is 6.58 Å². The van der Waals surface area contributed by atoms with Gasteiger partial charge in [0.15, 0.2) is 0 Å². The summed E-state index contributed by atoms with van der Waals surface area (Å²) in [6.45, 7) is 10.5. The van der Waals surface area contributed by atoms with Crippen LogP contribution in [0.4, 0.5) is 5.69 Å². The maximum absolute atomic E-state index is 12.9. The second-order valence-corrected chi connectivity index (χ2v) is 7.72. The lowest BCUT2D eigenvalue weighted by Gasteiger charge is -2.37. The Kier molecular flexibility index (Phi) is 7.55. The largest absolute Gasteiger partial charge is 0.495 e. The SMILES string of the molecule is C=CC[C@@H](Nc1ccccc1OC)C(=O)O[C@@H]1C[C@H](C)CC[C@H]1C(C)C. The Balaban J connectivity index is 2.10. The number of methoxy groups -OCH3 is 1. The molecule has 1 fully saturated rings. The number of hydrogen-bond acceptors (Lipinski definition) is 4. The van der Waals surface area contributed by atoms with Gasteiger partial charge < -0.3 is 14.8 Å². The van der Waals surface area contributed by atoms with Crippen molar-refractivity contribution >= 4 is 11.7 Å².